The lowest BCUT2D eigenvalue weighted by molar-refractivity contribution is -0.128. The van der Waals surface area contributed by atoms with Crippen LogP contribution in [0.15, 0.2) is 52.0 Å². The molecule has 9 nitrogen and oxygen atoms in total. The number of nitrogens with zero attached hydrogens (tertiary/aromatic N) is 1. The van der Waals surface area contributed by atoms with Crippen LogP contribution >= 0.6 is 0 Å². The average Bonchev–Trinajstić information content (AvgIpc) is 3.07. The summed E-state index contributed by atoms with van der Waals surface area (Å²) in [6.07, 6.45) is 2.79. The molecule has 0 saturated heterocycles. The number of carbonyl (C=O) groups is 3. The molecule has 2 aromatic rings. The summed E-state index contributed by atoms with van der Waals surface area (Å²) in [4.78, 5) is 46.0. The summed E-state index contributed by atoms with van der Waals surface area (Å²) < 4.78 is 6.04. The third kappa shape index (κ3) is 4.84. The standard InChI is InChI=1S/C14H14N4O5/c19-11(8-15-14(22)10-4-3-7-23-10)16-17-12(20)9-18-6-2-1-5-13(18)21/h1-7H,8-9H2,(H,15,22)(H,16,19)(H,17,20). The quantitative estimate of drug-likeness (QED) is 0.612. The molecule has 2 heterocycles. The molecule has 0 atom stereocenters. The summed E-state index contributed by atoms with van der Waals surface area (Å²) in [5, 5.41) is 2.32. The number of pyridine rings is 1. The Bertz CT molecular complexity index is 751. The van der Waals surface area contributed by atoms with Gasteiger partial charge in [-0.15, -0.1) is 0 Å². The van der Waals surface area contributed by atoms with Crippen LogP contribution in [0.4, 0.5) is 0 Å². The first-order chi connectivity index (χ1) is 11.1. The van der Waals surface area contributed by atoms with Crippen LogP contribution < -0.4 is 21.7 Å². The Balaban J connectivity index is 1.72. The zero-order valence-electron chi connectivity index (χ0n) is 11.9. The SMILES string of the molecule is O=C(CNC(=O)c1ccco1)NNC(=O)Cn1ccccc1=O. The molecule has 0 fully saturated rings. The van der Waals surface area contributed by atoms with Crippen molar-refractivity contribution in [2.75, 3.05) is 6.54 Å². The molecule has 0 aromatic carbocycles. The van der Waals surface area contributed by atoms with Gasteiger partial charge < -0.3 is 14.3 Å². The van der Waals surface area contributed by atoms with E-state index in [0.717, 1.165) is 0 Å². The minimum absolute atomic E-state index is 0.0743. The normalized spacial score (nSPS) is 9.91. The van der Waals surface area contributed by atoms with Gasteiger partial charge in [-0.25, -0.2) is 0 Å². The third-order valence-electron chi connectivity index (χ3n) is 2.71. The second-order valence-corrected chi connectivity index (χ2v) is 4.42. The van der Waals surface area contributed by atoms with E-state index in [1.54, 1.807) is 18.2 Å². The summed E-state index contributed by atoms with van der Waals surface area (Å²) in [5.41, 5.74) is 3.93. The number of hydrogen-bond acceptors (Lipinski definition) is 5. The molecule has 0 aliphatic carbocycles. The molecule has 0 unspecified atom stereocenters. The van der Waals surface area contributed by atoms with Gasteiger partial charge in [0, 0.05) is 12.3 Å². The van der Waals surface area contributed by atoms with Gasteiger partial charge in [0.15, 0.2) is 5.76 Å². The second kappa shape index (κ2) is 7.59. The molecule has 0 spiro atoms. The van der Waals surface area contributed by atoms with E-state index in [2.05, 4.69) is 16.2 Å². The van der Waals surface area contributed by atoms with Gasteiger partial charge in [0.2, 0.25) is 0 Å². The van der Waals surface area contributed by atoms with E-state index >= 15 is 0 Å². The minimum Gasteiger partial charge on any atom is -0.459 e. The molecule has 0 bridgehead atoms. The summed E-state index contributed by atoms with van der Waals surface area (Å²) >= 11 is 0. The van der Waals surface area contributed by atoms with Gasteiger partial charge in [0.05, 0.1) is 12.8 Å². The van der Waals surface area contributed by atoms with Crippen molar-refractivity contribution < 1.29 is 18.8 Å². The molecule has 0 aliphatic heterocycles. The lowest BCUT2D eigenvalue weighted by Gasteiger charge is -2.09. The summed E-state index contributed by atoms with van der Waals surface area (Å²) in [5.74, 6) is -1.68. The predicted octanol–water partition coefficient (Wildman–Crippen LogP) is -0.981. The number of amides is 3. The van der Waals surface area contributed by atoms with Crippen molar-refractivity contribution in [1.29, 1.82) is 0 Å². The fourth-order valence-electron chi connectivity index (χ4n) is 1.62. The molecule has 3 amide bonds. The minimum atomic E-state index is -0.626. The van der Waals surface area contributed by atoms with Crippen LogP contribution in [-0.4, -0.2) is 28.8 Å². The van der Waals surface area contributed by atoms with Crippen molar-refractivity contribution in [2.45, 2.75) is 6.54 Å². The van der Waals surface area contributed by atoms with Crippen LogP contribution in [0.25, 0.3) is 0 Å². The molecule has 2 aromatic heterocycles. The van der Waals surface area contributed by atoms with Gasteiger partial charge in [0.1, 0.15) is 6.54 Å². The fraction of sp³-hybridized carbons (Fsp3) is 0.143. The maximum Gasteiger partial charge on any atom is 0.287 e. The predicted molar refractivity (Wildman–Crippen MR) is 78.0 cm³/mol. The van der Waals surface area contributed by atoms with E-state index in [1.807, 2.05) is 0 Å². The number of nitrogens with one attached hydrogen (secondary N) is 3. The van der Waals surface area contributed by atoms with Crippen LogP contribution in [0.1, 0.15) is 10.6 Å². The highest BCUT2D eigenvalue weighted by Crippen LogP contribution is 1.98. The number of aromatic nitrogens is 1. The van der Waals surface area contributed by atoms with Gasteiger partial charge >= 0.3 is 0 Å². The van der Waals surface area contributed by atoms with Crippen LogP contribution in [0.3, 0.4) is 0 Å². The number of carbonyl (C=O) groups excluding carboxylic acids is 3. The van der Waals surface area contributed by atoms with Crippen molar-refractivity contribution in [3.63, 3.8) is 0 Å². The Hall–Kier alpha value is -3.36. The van der Waals surface area contributed by atoms with E-state index in [9.17, 15) is 19.2 Å². The smallest absolute Gasteiger partial charge is 0.287 e. The molecule has 2 rings (SSSR count). The zero-order chi connectivity index (χ0) is 16.7. The summed E-state index contributed by atoms with van der Waals surface area (Å²) in [7, 11) is 0. The first kappa shape index (κ1) is 16.0. The molecular formula is C14H14N4O5. The largest absolute Gasteiger partial charge is 0.459 e. The molecule has 0 radical (unpaired) electrons. The van der Waals surface area contributed by atoms with Crippen molar-refractivity contribution in [2.24, 2.45) is 0 Å². The molecule has 0 aliphatic rings. The number of rotatable bonds is 5. The molecule has 3 N–H and O–H groups in total. The van der Waals surface area contributed by atoms with Gasteiger partial charge in [-0.1, -0.05) is 6.07 Å². The lowest BCUT2D eigenvalue weighted by Crippen LogP contribution is -2.47. The van der Waals surface area contributed by atoms with Gasteiger partial charge in [-0.2, -0.15) is 0 Å². The first-order valence-electron chi connectivity index (χ1n) is 6.61. The van der Waals surface area contributed by atoms with Crippen molar-refractivity contribution in [3.05, 3.63) is 58.9 Å². The van der Waals surface area contributed by atoms with E-state index in [-0.39, 0.29) is 24.4 Å². The summed E-state index contributed by atoms with van der Waals surface area (Å²) in [6.45, 7) is -0.580. The molecule has 23 heavy (non-hydrogen) atoms. The molecule has 120 valence electrons. The topological polar surface area (TPSA) is 122 Å². The van der Waals surface area contributed by atoms with E-state index < -0.39 is 17.7 Å². The van der Waals surface area contributed by atoms with Crippen LogP contribution in [0.2, 0.25) is 0 Å². The van der Waals surface area contributed by atoms with Crippen LogP contribution in [0.5, 0.6) is 0 Å². The van der Waals surface area contributed by atoms with Crippen molar-refractivity contribution in [3.8, 4) is 0 Å². The van der Waals surface area contributed by atoms with E-state index in [4.69, 9.17) is 4.42 Å². The van der Waals surface area contributed by atoms with Crippen molar-refractivity contribution >= 4 is 17.7 Å². The summed E-state index contributed by atoms with van der Waals surface area (Å²) in [6, 6.07) is 7.47. The maximum atomic E-state index is 11.6. The van der Waals surface area contributed by atoms with E-state index in [1.165, 1.54) is 29.2 Å². The lowest BCUT2D eigenvalue weighted by atomic mass is 10.4. The highest BCUT2D eigenvalue weighted by Gasteiger charge is 2.11. The number of hydrogen-bond donors (Lipinski definition) is 3. The van der Waals surface area contributed by atoms with Gasteiger partial charge in [-0.05, 0) is 18.2 Å². The van der Waals surface area contributed by atoms with E-state index in [0.29, 0.717) is 0 Å². The number of furan rings is 1. The first-order valence-corrected chi connectivity index (χ1v) is 6.61. The molecular weight excluding hydrogens is 304 g/mol. The Kier molecular flexibility index (Phi) is 5.29. The Labute approximate surface area is 130 Å². The highest BCUT2D eigenvalue weighted by atomic mass is 16.3. The average molecular weight is 318 g/mol. The molecule has 0 saturated carbocycles. The second-order valence-electron chi connectivity index (χ2n) is 4.42. The third-order valence-corrected chi connectivity index (χ3v) is 2.71. The van der Waals surface area contributed by atoms with Crippen LogP contribution in [0, 0.1) is 0 Å². The maximum absolute atomic E-state index is 11.6. The monoisotopic (exact) mass is 318 g/mol. The Morgan fingerprint density at radius 1 is 1.04 bits per heavy atom. The van der Waals surface area contributed by atoms with Gasteiger partial charge in [0.25, 0.3) is 23.3 Å². The van der Waals surface area contributed by atoms with Crippen molar-refractivity contribution in [1.82, 2.24) is 20.7 Å². The molecule has 9 heteroatoms. The highest BCUT2D eigenvalue weighted by molar-refractivity contribution is 5.94. The Morgan fingerprint density at radius 2 is 1.83 bits per heavy atom. The fourth-order valence-corrected chi connectivity index (χ4v) is 1.62. The zero-order valence-corrected chi connectivity index (χ0v) is 11.9. The van der Waals surface area contributed by atoms with Gasteiger partial charge in [-0.3, -0.25) is 30.0 Å². The number of hydrazine groups is 1. The Morgan fingerprint density at radius 3 is 2.52 bits per heavy atom. The van der Waals surface area contributed by atoms with Crippen LogP contribution in [-0.2, 0) is 16.1 Å².